The maximum Gasteiger partial charge on any atom is 0.310 e. The maximum atomic E-state index is 12.0. The summed E-state index contributed by atoms with van der Waals surface area (Å²) >= 11 is 0. The van der Waals surface area contributed by atoms with Gasteiger partial charge < -0.3 is 14.2 Å². The van der Waals surface area contributed by atoms with Gasteiger partial charge in [-0.1, -0.05) is 24.3 Å². The van der Waals surface area contributed by atoms with Crippen molar-refractivity contribution in [1.82, 2.24) is 0 Å². The van der Waals surface area contributed by atoms with Gasteiger partial charge in [0.25, 0.3) is 0 Å². The van der Waals surface area contributed by atoms with E-state index in [0.29, 0.717) is 18.1 Å². The SMILES string of the molecule is CCOC(=O)Cc1cc2ccccc2c2cc(OC)c(OC)cc12. The fourth-order valence-corrected chi connectivity index (χ4v) is 3.01. The largest absolute Gasteiger partial charge is 0.493 e. The minimum absolute atomic E-state index is 0.227. The lowest BCUT2D eigenvalue weighted by atomic mass is 9.95. The van der Waals surface area contributed by atoms with Gasteiger partial charge in [-0.2, -0.15) is 0 Å². The van der Waals surface area contributed by atoms with Gasteiger partial charge in [0.2, 0.25) is 0 Å². The molecule has 0 fully saturated rings. The average molecular weight is 324 g/mol. The van der Waals surface area contributed by atoms with Crippen molar-refractivity contribution in [3.8, 4) is 11.5 Å². The standard InChI is InChI=1S/C20H20O4/c1-4-24-20(21)10-14-9-13-7-5-6-8-15(13)17-12-19(23-3)18(22-2)11-16(14)17/h5-9,11-12H,4,10H2,1-3H3. The molecule has 0 saturated carbocycles. The fraction of sp³-hybridized carbons (Fsp3) is 0.250. The zero-order valence-corrected chi connectivity index (χ0v) is 14.1. The van der Waals surface area contributed by atoms with Crippen LogP contribution in [0.15, 0.2) is 42.5 Å². The summed E-state index contributed by atoms with van der Waals surface area (Å²) in [7, 11) is 3.23. The fourth-order valence-electron chi connectivity index (χ4n) is 3.01. The van der Waals surface area contributed by atoms with Crippen LogP contribution < -0.4 is 9.47 Å². The molecule has 0 amide bonds. The molecular weight excluding hydrogens is 304 g/mol. The molecule has 3 aromatic carbocycles. The van der Waals surface area contributed by atoms with Crippen molar-refractivity contribution in [3.05, 3.63) is 48.0 Å². The van der Waals surface area contributed by atoms with E-state index in [0.717, 1.165) is 27.1 Å². The molecule has 0 aromatic heterocycles. The molecule has 0 bridgehead atoms. The summed E-state index contributed by atoms with van der Waals surface area (Å²) in [5.74, 6) is 1.08. The smallest absolute Gasteiger partial charge is 0.310 e. The number of rotatable bonds is 5. The Balaban J connectivity index is 2.29. The van der Waals surface area contributed by atoms with Crippen LogP contribution in [0.3, 0.4) is 0 Å². The molecule has 0 N–H and O–H groups in total. The quantitative estimate of drug-likeness (QED) is 0.523. The van der Waals surface area contributed by atoms with Crippen molar-refractivity contribution in [2.75, 3.05) is 20.8 Å². The highest BCUT2D eigenvalue weighted by atomic mass is 16.5. The van der Waals surface area contributed by atoms with Crippen LogP contribution in [0.4, 0.5) is 0 Å². The minimum atomic E-state index is -0.233. The van der Waals surface area contributed by atoms with Gasteiger partial charge in [-0.3, -0.25) is 4.79 Å². The molecule has 3 rings (SSSR count). The van der Waals surface area contributed by atoms with Crippen LogP contribution in [0.2, 0.25) is 0 Å². The molecule has 24 heavy (non-hydrogen) atoms. The first-order chi connectivity index (χ1) is 11.7. The molecule has 0 heterocycles. The molecule has 4 heteroatoms. The number of hydrogen-bond acceptors (Lipinski definition) is 4. The van der Waals surface area contributed by atoms with Crippen LogP contribution in [-0.4, -0.2) is 26.8 Å². The lowest BCUT2D eigenvalue weighted by Gasteiger charge is -2.14. The second kappa shape index (κ2) is 6.79. The van der Waals surface area contributed by atoms with E-state index in [4.69, 9.17) is 14.2 Å². The van der Waals surface area contributed by atoms with Crippen LogP contribution in [0.5, 0.6) is 11.5 Å². The second-order valence-corrected chi connectivity index (χ2v) is 5.49. The van der Waals surface area contributed by atoms with E-state index in [1.165, 1.54) is 0 Å². The van der Waals surface area contributed by atoms with Crippen LogP contribution in [-0.2, 0) is 16.0 Å². The first kappa shape index (κ1) is 16.1. The molecule has 0 spiro atoms. The summed E-state index contributed by atoms with van der Waals surface area (Å²) in [6, 6.07) is 14.0. The van der Waals surface area contributed by atoms with Gasteiger partial charge in [-0.25, -0.2) is 0 Å². The van der Waals surface area contributed by atoms with Crippen LogP contribution >= 0.6 is 0 Å². The highest BCUT2D eigenvalue weighted by Gasteiger charge is 2.14. The lowest BCUT2D eigenvalue weighted by Crippen LogP contribution is -2.08. The first-order valence-corrected chi connectivity index (χ1v) is 7.90. The third kappa shape index (κ3) is 2.87. The van der Waals surface area contributed by atoms with Crippen molar-refractivity contribution in [2.45, 2.75) is 13.3 Å². The van der Waals surface area contributed by atoms with Gasteiger partial charge in [0, 0.05) is 0 Å². The zero-order chi connectivity index (χ0) is 17.1. The number of carbonyl (C=O) groups excluding carboxylic acids is 1. The topological polar surface area (TPSA) is 44.8 Å². The molecule has 4 nitrogen and oxygen atoms in total. The number of carbonyl (C=O) groups is 1. The van der Waals surface area contributed by atoms with Gasteiger partial charge in [0.1, 0.15) is 0 Å². The highest BCUT2D eigenvalue weighted by molar-refractivity contribution is 6.10. The molecule has 0 aliphatic rings. The van der Waals surface area contributed by atoms with Gasteiger partial charge in [-0.05, 0) is 52.2 Å². The van der Waals surface area contributed by atoms with Crippen LogP contribution in [0, 0.1) is 0 Å². The number of ether oxygens (including phenoxy) is 3. The molecule has 0 unspecified atom stereocenters. The molecule has 124 valence electrons. The number of fused-ring (bicyclic) bond motifs is 3. The van der Waals surface area contributed by atoms with E-state index in [2.05, 4.69) is 6.07 Å². The molecule has 0 aliphatic heterocycles. The number of hydrogen-bond donors (Lipinski definition) is 0. The van der Waals surface area contributed by atoms with Gasteiger partial charge in [0.15, 0.2) is 11.5 Å². The van der Waals surface area contributed by atoms with Crippen molar-refractivity contribution in [2.24, 2.45) is 0 Å². The Morgan fingerprint density at radius 3 is 2.25 bits per heavy atom. The van der Waals surface area contributed by atoms with Crippen LogP contribution in [0.25, 0.3) is 21.5 Å². The average Bonchev–Trinajstić information content (AvgIpc) is 2.60. The minimum Gasteiger partial charge on any atom is -0.493 e. The Labute approximate surface area is 140 Å². The third-order valence-electron chi connectivity index (χ3n) is 4.09. The predicted molar refractivity (Wildman–Crippen MR) is 94.9 cm³/mol. The molecule has 0 radical (unpaired) electrons. The Bertz CT molecular complexity index is 899. The number of benzene rings is 3. The van der Waals surface area contributed by atoms with Gasteiger partial charge in [0.05, 0.1) is 27.2 Å². The van der Waals surface area contributed by atoms with E-state index < -0.39 is 0 Å². The number of methoxy groups -OCH3 is 2. The molecule has 3 aromatic rings. The Hall–Kier alpha value is -2.75. The highest BCUT2D eigenvalue weighted by Crippen LogP contribution is 2.37. The molecular formula is C20H20O4. The summed E-state index contributed by atoms with van der Waals surface area (Å²) in [6.45, 7) is 2.19. The van der Waals surface area contributed by atoms with Gasteiger partial charge >= 0.3 is 5.97 Å². The van der Waals surface area contributed by atoms with Crippen molar-refractivity contribution in [3.63, 3.8) is 0 Å². The molecule has 0 atom stereocenters. The summed E-state index contributed by atoms with van der Waals surface area (Å²) in [6.07, 6.45) is 0.227. The van der Waals surface area contributed by atoms with Crippen molar-refractivity contribution in [1.29, 1.82) is 0 Å². The summed E-state index contributed by atoms with van der Waals surface area (Å²) < 4.78 is 16.0. The third-order valence-corrected chi connectivity index (χ3v) is 4.09. The van der Waals surface area contributed by atoms with E-state index >= 15 is 0 Å². The van der Waals surface area contributed by atoms with E-state index in [9.17, 15) is 4.79 Å². The molecule has 0 aliphatic carbocycles. The van der Waals surface area contributed by atoms with Crippen molar-refractivity contribution >= 4 is 27.5 Å². The second-order valence-electron chi connectivity index (χ2n) is 5.49. The van der Waals surface area contributed by atoms with Crippen molar-refractivity contribution < 1.29 is 19.0 Å². The van der Waals surface area contributed by atoms with E-state index in [-0.39, 0.29) is 12.4 Å². The Morgan fingerprint density at radius 2 is 1.58 bits per heavy atom. The normalized spacial score (nSPS) is 10.8. The zero-order valence-electron chi connectivity index (χ0n) is 14.1. The Kier molecular flexibility index (Phi) is 4.56. The van der Waals surface area contributed by atoms with E-state index in [1.54, 1.807) is 14.2 Å². The Morgan fingerprint density at radius 1 is 0.917 bits per heavy atom. The number of esters is 1. The summed E-state index contributed by atoms with van der Waals surface area (Å²) in [4.78, 5) is 12.0. The summed E-state index contributed by atoms with van der Waals surface area (Å²) in [5, 5.41) is 4.20. The first-order valence-electron chi connectivity index (χ1n) is 7.90. The lowest BCUT2D eigenvalue weighted by molar-refractivity contribution is -0.142. The monoisotopic (exact) mass is 324 g/mol. The molecule has 0 saturated heterocycles. The van der Waals surface area contributed by atoms with Gasteiger partial charge in [-0.15, -0.1) is 0 Å². The predicted octanol–water partition coefficient (Wildman–Crippen LogP) is 4.12. The van der Waals surface area contributed by atoms with E-state index in [1.807, 2.05) is 43.3 Å². The summed E-state index contributed by atoms with van der Waals surface area (Å²) in [5.41, 5.74) is 0.920. The maximum absolute atomic E-state index is 12.0. The van der Waals surface area contributed by atoms with Crippen LogP contribution in [0.1, 0.15) is 12.5 Å².